The molecule has 0 aliphatic heterocycles. The van der Waals surface area contributed by atoms with Crippen LogP contribution >= 0.6 is 0 Å². The number of unbranched alkanes of at least 4 members (excludes halogenated alkanes) is 25. The van der Waals surface area contributed by atoms with E-state index < -0.39 is 6.10 Å². The monoisotopic (exact) mass is 933 g/mol. The second-order valence-corrected chi connectivity index (χ2v) is 18.4. The zero-order valence-electron chi connectivity index (χ0n) is 43.9. The van der Waals surface area contributed by atoms with Crippen LogP contribution in [-0.2, 0) is 28.6 Å². The van der Waals surface area contributed by atoms with E-state index in [0.717, 1.165) is 122 Å². The molecular formula is C61H104O6. The molecule has 0 bridgehead atoms. The lowest BCUT2D eigenvalue weighted by Gasteiger charge is -2.18. The van der Waals surface area contributed by atoms with Gasteiger partial charge in [0.2, 0.25) is 0 Å². The number of ether oxygens (including phenoxy) is 3. The van der Waals surface area contributed by atoms with E-state index in [4.69, 9.17) is 14.2 Å². The maximum absolute atomic E-state index is 12.8. The molecule has 0 heterocycles. The van der Waals surface area contributed by atoms with E-state index in [1.54, 1.807) is 0 Å². The van der Waals surface area contributed by atoms with Crippen molar-refractivity contribution >= 4 is 17.9 Å². The summed E-state index contributed by atoms with van der Waals surface area (Å²) in [5.41, 5.74) is 0. The maximum atomic E-state index is 12.8. The van der Waals surface area contributed by atoms with Crippen molar-refractivity contribution in [3.63, 3.8) is 0 Å². The summed E-state index contributed by atoms with van der Waals surface area (Å²) >= 11 is 0. The number of allylic oxidation sites excluding steroid dienone is 14. The summed E-state index contributed by atoms with van der Waals surface area (Å²) in [6.07, 6.45) is 71.4. The Labute approximate surface area is 414 Å². The van der Waals surface area contributed by atoms with Crippen molar-refractivity contribution in [2.75, 3.05) is 13.2 Å². The molecule has 1 unspecified atom stereocenters. The molecule has 6 nitrogen and oxygen atoms in total. The molecule has 0 aliphatic rings. The summed E-state index contributed by atoms with van der Waals surface area (Å²) in [5, 5.41) is 0. The van der Waals surface area contributed by atoms with Gasteiger partial charge in [-0.3, -0.25) is 14.4 Å². The van der Waals surface area contributed by atoms with Gasteiger partial charge in [-0.1, -0.05) is 221 Å². The maximum Gasteiger partial charge on any atom is 0.306 e. The van der Waals surface area contributed by atoms with Crippen molar-refractivity contribution in [3.8, 4) is 0 Å². The zero-order valence-corrected chi connectivity index (χ0v) is 43.9. The van der Waals surface area contributed by atoms with E-state index in [1.807, 2.05) is 0 Å². The zero-order chi connectivity index (χ0) is 48.6. The lowest BCUT2D eigenvalue weighted by molar-refractivity contribution is -0.167. The van der Waals surface area contributed by atoms with Gasteiger partial charge in [0, 0.05) is 19.3 Å². The molecule has 0 rings (SSSR count). The fourth-order valence-electron chi connectivity index (χ4n) is 7.70. The molecule has 0 saturated carbocycles. The third kappa shape index (κ3) is 53.4. The van der Waals surface area contributed by atoms with Crippen LogP contribution in [0.5, 0.6) is 0 Å². The fourth-order valence-corrected chi connectivity index (χ4v) is 7.70. The number of carbonyl (C=O) groups excluding carboxylic acids is 3. The number of carbonyl (C=O) groups is 3. The highest BCUT2D eigenvalue weighted by Crippen LogP contribution is 2.15. The van der Waals surface area contributed by atoms with Crippen LogP contribution in [0, 0.1) is 0 Å². The highest BCUT2D eigenvalue weighted by Gasteiger charge is 2.19. The Hall–Kier alpha value is -3.41. The first-order chi connectivity index (χ1) is 33.0. The molecule has 0 aromatic rings. The highest BCUT2D eigenvalue weighted by atomic mass is 16.6. The van der Waals surface area contributed by atoms with Gasteiger partial charge in [-0.05, 0) is 109 Å². The minimum atomic E-state index is -0.795. The van der Waals surface area contributed by atoms with Crippen molar-refractivity contribution in [2.45, 2.75) is 271 Å². The normalized spacial score (nSPS) is 12.7. The first-order valence-electron chi connectivity index (χ1n) is 28.1. The number of hydrogen-bond donors (Lipinski definition) is 0. The summed E-state index contributed by atoms with van der Waals surface area (Å²) in [6, 6.07) is 0. The van der Waals surface area contributed by atoms with Gasteiger partial charge >= 0.3 is 17.9 Å². The second kappa shape index (κ2) is 55.2. The van der Waals surface area contributed by atoms with Crippen molar-refractivity contribution in [2.24, 2.45) is 0 Å². The van der Waals surface area contributed by atoms with Crippen LogP contribution in [0.4, 0.5) is 0 Å². The van der Waals surface area contributed by atoms with E-state index in [2.05, 4.69) is 106 Å². The summed E-state index contributed by atoms with van der Waals surface area (Å²) in [7, 11) is 0. The smallest absolute Gasteiger partial charge is 0.306 e. The standard InChI is InChI=1S/C61H104O6/c1-4-7-10-13-16-19-22-25-28-30-31-32-34-36-39-42-45-48-51-54-60(63)66-57-58(56-65-59(62)53-50-47-44-41-38-35-27-24-21-18-15-12-9-6-3)67-61(64)55-52-49-46-43-40-37-33-29-26-23-20-17-14-11-8-5-2/h8-9,11-12,17-18,20-21,26-27,29-31,35,58H,4-7,10,13-16,19,22-25,28,32-34,36-57H2,1-3H3/b11-8-,12-9-,20-17-,21-18-,29-26-,31-30-,35-27-. The van der Waals surface area contributed by atoms with Crippen LogP contribution in [0.25, 0.3) is 0 Å². The molecule has 0 aromatic heterocycles. The van der Waals surface area contributed by atoms with Crippen LogP contribution in [0.3, 0.4) is 0 Å². The largest absolute Gasteiger partial charge is 0.462 e. The SMILES string of the molecule is CC/C=C\C/C=C\C/C=C\CCCCCCCCC(=O)OC(COC(=O)CCCCCC/C=C\C/C=C\C/C=C\CC)COC(=O)CCCCCCCCC/C=C\CCCCCCCCCC. The Bertz CT molecular complexity index is 1300. The topological polar surface area (TPSA) is 78.9 Å². The minimum absolute atomic E-state index is 0.0916. The lowest BCUT2D eigenvalue weighted by atomic mass is 10.1. The van der Waals surface area contributed by atoms with Gasteiger partial charge in [-0.15, -0.1) is 0 Å². The number of hydrogen-bond acceptors (Lipinski definition) is 6. The molecule has 0 fully saturated rings. The second-order valence-electron chi connectivity index (χ2n) is 18.4. The molecule has 0 spiro atoms. The number of esters is 3. The molecule has 0 amide bonds. The molecule has 0 N–H and O–H groups in total. The highest BCUT2D eigenvalue weighted by molar-refractivity contribution is 5.71. The van der Waals surface area contributed by atoms with Gasteiger partial charge in [-0.25, -0.2) is 0 Å². The predicted molar refractivity (Wildman–Crippen MR) is 288 cm³/mol. The van der Waals surface area contributed by atoms with Gasteiger partial charge in [0.15, 0.2) is 6.10 Å². The van der Waals surface area contributed by atoms with Gasteiger partial charge in [0.05, 0.1) is 0 Å². The van der Waals surface area contributed by atoms with Crippen LogP contribution in [0.2, 0.25) is 0 Å². The lowest BCUT2D eigenvalue weighted by Crippen LogP contribution is -2.30. The molecule has 0 aromatic carbocycles. The molecular weight excluding hydrogens is 829 g/mol. The van der Waals surface area contributed by atoms with Crippen molar-refractivity contribution in [3.05, 3.63) is 85.1 Å². The van der Waals surface area contributed by atoms with Crippen LogP contribution in [-0.4, -0.2) is 37.2 Å². The van der Waals surface area contributed by atoms with Gasteiger partial charge in [0.1, 0.15) is 13.2 Å². The van der Waals surface area contributed by atoms with Gasteiger partial charge in [-0.2, -0.15) is 0 Å². The van der Waals surface area contributed by atoms with E-state index in [-0.39, 0.29) is 31.1 Å². The fraction of sp³-hybridized carbons (Fsp3) is 0.721. The first-order valence-corrected chi connectivity index (χ1v) is 28.1. The van der Waals surface area contributed by atoms with E-state index in [0.29, 0.717) is 19.3 Å². The average molecular weight is 933 g/mol. The van der Waals surface area contributed by atoms with Crippen LogP contribution in [0.1, 0.15) is 265 Å². The molecule has 0 aliphatic carbocycles. The quantitative estimate of drug-likeness (QED) is 0.0262. The molecule has 1 atom stereocenters. The Kier molecular flexibility index (Phi) is 52.4. The van der Waals surface area contributed by atoms with Crippen molar-refractivity contribution in [1.29, 1.82) is 0 Å². The Morgan fingerprint density at radius 2 is 0.582 bits per heavy atom. The van der Waals surface area contributed by atoms with E-state index >= 15 is 0 Å². The van der Waals surface area contributed by atoms with E-state index in [9.17, 15) is 14.4 Å². The Balaban J connectivity index is 4.41. The number of rotatable bonds is 50. The predicted octanol–water partition coefficient (Wildman–Crippen LogP) is 18.8. The van der Waals surface area contributed by atoms with Gasteiger partial charge in [0.25, 0.3) is 0 Å². The van der Waals surface area contributed by atoms with Crippen LogP contribution < -0.4 is 0 Å². The van der Waals surface area contributed by atoms with E-state index in [1.165, 1.54) is 103 Å². The summed E-state index contributed by atoms with van der Waals surface area (Å²) in [5.74, 6) is -0.928. The average Bonchev–Trinajstić information content (AvgIpc) is 3.33. The third-order valence-electron chi connectivity index (χ3n) is 11.9. The summed E-state index contributed by atoms with van der Waals surface area (Å²) in [6.45, 7) is 6.39. The van der Waals surface area contributed by atoms with Crippen LogP contribution in [0.15, 0.2) is 85.1 Å². The summed E-state index contributed by atoms with van der Waals surface area (Å²) in [4.78, 5) is 38.1. The molecule has 67 heavy (non-hydrogen) atoms. The summed E-state index contributed by atoms with van der Waals surface area (Å²) < 4.78 is 16.8. The molecule has 6 heteroatoms. The Morgan fingerprint density at radius 1 is 0.313 bits per heavy atom. The molecule has 384 valence electrons. The Morgan fingerprint density at radius 3 is 0.925 bits per heavy atom. The van der Waals surface area contributed by atoms with Gasteiger partial charge < -0.3 is 14.2 Å². The first kappa shape index (κ1) is 63.6. The molecule has 0 radical (unpaired) electrons. The minimum Gasteiger partial charge on any atom is -0.462 e. The third-order valence-corrected chi connectivity index (χ3v) is 11.9. The molecule has 0 saturated heterocycles. The van der Waals surface area contributed by atoms with Crippen molar-refractivity contribution < 1.29 is 28.6 Å². The van der Waals surface area contributed by atoms with Crippen molar-refractivity contribution in [1.82, 2.24) is 0 Å².